The van der Waals surface area contributed by atoms with Gasteiger partial charge in [0.25, 0.3) is 17.6 Å². The van der Waals surface area contributed by atoms with E-state index in [2.05, 4.69) is 10.6 Å². The number of nitrogens with one attached hydrogen (secondary N) is 2. The van der Waals surface area contributed by atoms with Crippen molar-refractivity contribution in [3.63, 3.8) is 0 Å². The maximum atomic E-state index is 13.5. The standard InChI is InChI=1S/C22H27F2N3O5/c1-11-9-15(5-6-16(11)24)25-21(31)18-12(2)19(27(8-7-23)13(18)3)20(30)22(32)26-17(10-28)14(4)29/h5-6,9,14,17,28-29H,7-8,10H2,1-4H3,(H,25,31)(H,26,32). The smallest absolute Gasteiger partial charge is 0.294 e. The van der Waals surface area contributed by atoms with Crippen molar-refractivity contribution in [3.05, 3.63) is 52.1 Å². The molecule has 174 valence electrons. The molecule has 10 heteroatoms. The number of aliphatic hydroxyl groups is 2. The Morgan fingerprint density at radius 2 is 1.84 bits per heavy atom. The molecule has 32 heavy (non-hydrogen) atoms. The number of nitrogens with zero attached hydrogens (tertiary/aromatic N) is 1. The Kier molecular flexibility index (Phi) is 8.23. The Hall–Kier alpha value is -3.11. The van der Waals surface area contributed by atoms with Crippen molar-refractivity contribution in [2.24, 2.45) is 0 Å². The summed E-state index contributed by atoms with van der Waals surface area (Å²) in [5, 5.41) is 23.7. The molecule has 0 bridgehead atoms. The van der Waals surface area contributed by atoms with Crippen molar-refractivity contribution in [3.8, 4) is 0 Å². The van der Waals surface area contributed by atoms with E-state index in [0.717, 1.165) is 0 Å². The van der Waals surface area contributed by atoms with Gasteiger partial charge in [-0.15, -0.1) is 0 Å². The molecule has 2 amide bonds. The summed E-state index contributed by atoms with van der Waals surface area (Å²) in [6.45, 7) is 4.17. The molecule has 2 atom stereocenters. The first kappa shape index (κ1) is 25.2. The number of aromatic nitrogens is 1. The Bertz CT molecular complexity index is 1030. The number of alkyl halides is 1. The summed E-state index contributed by atoms with van der Waals surface area (Å²) >= 11 is 0. The molecule has 0 aliphatic heterocycles. The zero-order valence-corrected chi connectivity index (χ0v) is 18.3. The van der Waals surface area contributed by atoms with Crippen molar-refractivity contribution in [1.82, 2.24) is 9.88 Å². The molecule has 0 fully saturated rings. The Morgan fingerprint density at radius 3 is 2.38 bits per heavy atom. The number of halogens is 2. The van der Waals surface area contributed by atoms with Gasteiger partial charge < -0.3 is 25.4 Å². The minimum Gasteiger partial charge on any atom is -0.394 e. The van der Waals surface area contributed by atoms with Crippen LogP contribution >= 0.6 is 0 Å². The lowest BCUT2D eigenvalue weighted by molar-refractivity contribution is -0.118. The first-order valence-electron chi connectivity index (χ1n) is 10.0. The van der Waals surface area contributed by atoms with E-state index in [1.165, 1.54) is 43.5 Å². The summed E-state index contributed by atoms with van der Waals surface area (Å²) in [6.07, 6.45) is -1.11. The van der Waals surface area contributed by atoms with Gasteiger partial charge in [0.1, 0.15) is 12.5 Å². The third-order valence-electron chi connectivity index (χ3n) is 5.23. The van der Waals surface area contributed by atoms with Gasteiger partial charge in [-0.05, 0) is 57.0 Å². The van der Waals surface area contributed by atoms with Crippen LogP contribution in [0.4, 0.5) is 14.5 Å². The molecule has 4 N–H and O–H groups in total. The molecule has 0 aliphatic rings. The number of amides is 2. The normalized spacial score (nSPS) is 12.9. The average molecular weight is 451 g/mol. The van der Waals surface area contributed by atoms with Crippen LogP contribution in [-0.2, 0) is 11.3 Å². The van der Waals surface area contributed by atoms with E-state index in [4.69, 9.17) is 0 Å². The van der Waals surface area contributed by atoms with Gasteiger partial charge in [-0.1, -0.05) is 0 Å². The fourth-order valence-electron chi connectivity index (χ4n) is 3.46. The summed E-state index contributed by atoms with van der Waals surface area (Å²) in [5.74, 6) is -3.17. The molecule has 0 radical (unpaired) electrons. The van der Waals surface area contributed by atoms with Crippen LogP contribution in [0.3, 0.4) is 0 Å². The topological polar surface area (TPSA) is 121 Å². The lowest BCUT2D eigenvalue weighted by Crippen LogP contribution is -2.47. The number of benzene rings is 1. The lowest BCUT2D eigenvalue weighted by Gasteiger charge is -2.18. The molecular formula is C22H27F2N3O5. The van der Waals surface area contributed by atoms with Crippen LogP contribution in [-0.4, -0.2) is 57.8 Å². The molecule has 0 aliphatic carbocycles. The van der Waals surface area contributed by atoms with Gasteiger partial charge in [-0.25, -0.2) is 8.78 Å². The number of carbonyl (C=O) groups is 3. The van der Waals surface area contributed by atoms with E-state index in [9.17, 15) is 33.4 Å². The number of rotatable bonds is 9. The zero-order chi connectivity index (χ0) is 24.2. The van der Waals surface area contributed by atoms with Crippen molar-refractivity contribution >= 4 is 23.3 Å². The third-order valence-corrected chi connectivity index (χ3v) is 5.23. The highest BCUT2D eigenvalue weighted by atomic mass is 19.1. The number of aliphatic hydroxyl groups excluding tert-OH is 2. The van der Waals surface area contributed by atoms with E-state index in [1.54, 1.807) is 6.92 Å². The van der Waals surface area contributed by atoms with Crippen LogP contribution in [0.25, 0.3) is 0 Å². The molecule has 8 nitrogen and oxygen atoms in total. The average Bonchev–Trinajstić information content (AvgIpc) is 2.97. The van der Waals surface area contributed by atoms with E-state index in [0.29, 0.717) is 11.3 Å². The number of carbonyl (C=O) groups excluding carboxylic acids is 3. The maximum absolute atomic E-state index is 13.5. The predicted molar refractivity (Wildman–Crippen MR) is 114 cm³/mol. The van der Waals surface area contributed by atoms with Gasteiger partial charge in [0.2, 0.25) is 0 Å². The Morgan fingerprint density at radius 1 is 1.19 bits per heavy atom. The molecule has 1 heterocycles. The molecule has 1 aromatic carbocycles. The number of aryl methyl sites for hydroxylation is 1. The van der Waals surface area contributed by atoms with Gasteiger partial charge in [0.15, 0.2) is 0 Å². The van der Waals surface area contributed by atoms with Crippen LogP contribution in [0, 0.1) is 26.6 Å². The second kappa shape index (κ2) is 10.5. The summed E-state index contributed by atoms with van der Waals surface area (Å²) in [4.78, 5) is 38.3. The van der Waals surface area contributed by atoms with Crippen LogP contribution in [0.1, 0.15) is 44.6 Å². The van der Waals surface area contributed by atoms with Crippen molar-refractivity contribution in [2.75, 3.05) is 18.6 Å². The fourth-order valence-corrected chi connectivity index (χ4v) is 3.46. The van der Waals surface area contributed by atoms with Crippen molar-refractivity contribution < 1.29 is 33.4 Å². The summed E-state index contributed by atoms with van der Waals surface area (Å²) in [5.41, 5.74) is 1.03. The molecule has 2 rings (SSSR count). The van der Waals surface area contributed by atoms with Crippen LogP contribution in [0.2, 0.25) is 0 Å². The summed E-state index contributed by atoms with van der Waals surface area (Å²) in [6, 6.07) is 2.97. The van der Waals surface area contributed by atoms with Gasteiger partial charge in [-0.3, -0.25) is 14.4 Å². The highest BCUT2D eigenvalue weighted by Gasteiger charge is 2.31. The SMILES string of the molecule is Cc1cc(NC(=O)c2c(C)c(C(=O)C(=O)NC(CO)C(C)O)n(CCF)c2C)ccc1F. The van der Waals surface area contributed by atoms with Crippen LogP contribution in [0.5, 0.6) is 0 Å². The molecular weight excluding hydrogens is 424 g/mol. The van der Waals surface area contributed by atoms with E-state index in [1.807, 2.05) is 0 Å². The van der Waals surface area contributed by atoms with Gasteiger partial charge in [-0.2, -0.15) is 0 Å². The largest absolute Gasteiger partial charge is 0.394 e. The Balaban J connectivity index is 2.43. The van der Waals surface area contributed by atoms with E-state index < -0.39 is 48.8 Å². The molecule has 0 saturated heterocycles. The van der Waals surface area contributed by atoms with Gasteiger partial charge in [0, 0.05) is 11.4 Å². The van der Waals surface area contributed by atoms with Crippen LogP contribution in [0.15, 0.2) is 18.2 Å². The fraction of sp³-hybridized carbons (Fsp3) is 0.409. The zero-order valence-electron chi connectivity index (χ0n) is 18.3. The minimum atomic E-state index is -1.11. The van der Waals surface area contributed by atoms with Crippen LogP contribution < -0.4 is 10.6 Å². The Labute approximate surface area is 184 Å². The summed E-state index contributed by atoms with van der Waals surface area (Å²) < 4.78 is 28.0. The molecule has 2 unspecified atom stereocenters. The molecule has 1 aromatic heterocycles. The first-order valence-corrected chi connectivity index (χ1v) is 10.0. The first-order chi connectivity index (χ1) is 15.0. The maximum Gasteiger partial charge on any atom is 0.294 e. The van der Waals surface area contributed by atoms with E-state index in [-0.39, 0.29) is 29.1 Å². The highest BCUT2D eigenvalue weighted by molar-refractivity contribution is 6.43. The lowest BCUT2D eigenvalue weighted by atomic mass is 10.1. The number of Topliss-reactive ketones (excluding diaryl/α,β-unsaturated/α-hetero) is 1. The molecule has 2 aromatic rings. The third kappa shape index (κ3) is 5.20. The van der Waals surface area contributed by atoms with E-state index >= 15 is 0 Å². The molecule has 0 saturated carbocycles. The second-order valence-corrected chi connectivity index (χ2v) is 7.52. The number of anilines is 1. The van der Waals surface area contributed by atoms with Gasteiger partial charge in [0.05, 0.1) is 36.6 Å². The number of hydrogen-bond acceptors (Lipinski definition) is 5. The van der Waals surface area contributed by atoms with Gasteiger partial charge >= 0.3 is 0 Å². The predicted octanol–water partition coefficient (Wildman–Crippen LogP) is 1.81. The van der Waals surface area contributed by atoms with Crippen molar-refractivity contribution in [2.45, 2.75) is 46.4 Å². The molecule has 0 spiro atoms. The minimum absolute atomic E-state index is 0.0887. The highest BCUT2D eigenvalue weighted by Crippen LogP contribution is 2.25. The quantitative estimate of drug-likeness (QED) is 0.342. The second-order valence-electron chi connectivity index (χ2n) is 7.52. The van der Waals surface area contributed by atoms with Crippen molar-refractivity contribution in [1.29, 1.82) is 0 Å². The summed E-state index contributed by atoms with van der Waals surface area (Å²) in [7, 11) is 0. The number of ketones is 1. The number of hydrogen-bond donors (Lipinski definition) is 4. The monoisotopic (exact) mass is 451 g/mol.